The summed E-state index contributed by atoms with van der Waals surface area (Å²) in [5, 5.41) is 0. The number of Topliss-reactive ketones (excluding diaryl/α,β-unsaturated/α-hetero) is 1. The normalized spacial score (nSPS) is 34.8. The second kappa shape index (κ2) is 5.98. The van der Waals surface area contributed by atoms with Gasteiger partial charge in [0.2, 0.25) is 5.78 Å². The fourth-order valence-electron chi connectivity index (χ4n) is 5.47. The first-order valence-corrected chi connectivity index (χ1v) is 9.01. The fourth-order valence-corrected chi connectivity index (χ4v) is 5.47. The van der Waals surface area contributed by atoms with Gasteiger partial charge in [0.05, 0.1) is 5.92 Å². The predicted octanol–water partition coefficient (Wildman–Crippen LogP) is 4.01. The van der Waals surface area contributed by atoms with Crippen LogP contribution in [0.15, 0.2) is 24.3 Å². The molecule has 4 aliphatic carbocycles. The molecular weight excluding hydrogens is 307 g/mol. The number of hydrogen-bond acceptors (Lipinski definition) is 3. The number of carbonyl (C=O) groups excluding carboxylic acids is 2. The Balaban J connectivity index is 1.42. The van der Waals surface area contributed by atoms with Crippen LogP contribution in [0.3, 0.4) is 0 Å². The molecule has 1 aromatic carbocycles. The maximum atomic E-state index is 13.0. The van der Waals surface area contributed by atoms with E-state index in [2.05, 4.69) is 0 Å². The molecule has 0 aromatic heterocycles. The number of rotatable bonds is 4. The zero-order valence-electron chi connectivity index (χ0n) is 13.9. The summed E-state index contributed by atoms with van der Waals surface area (Å²) in [6.07, 6.45) is 5.11. The van der Waals surface area contributed by atoms with E-state index in [1.165, 1.54) is 30.7 Å². The van der Waals surface area contributed by atoms with Crippen LogP contribution in [0.25, 0.3) is 0 Å². The standard InChI is InChI=1S/C20H23FO3/c1-11(19(22)14-2-4-17(21)5-3-14)24-20(23)18-15-7-12-6-13(9-15)10-16(18)8-12/h2-5,11-13,15-16,18H,6-10H2,1H3/t11-,12?,13?,15?,16?,18?/m0/s1. The monoisotopic (exact) mass is 330 g/mol. The SMILES string of the molecule is C[C@H](OC(=O)C1C2CC3CC(C2)CC1C3)C(=O)c1ccc(F)cc1. The third kappa shape index (κ3) is 2.76. The highest BCUT2D eigenvalue weighted by Gasteiger charge is 2.51. The Labute approximate surface area is 141 Å². The van der Waals surface area contributed by atoms with E-state index in [9.17, 15) is 14.0 Å². The predicted molar refractivity (Wildman–Crippen MR) is 86.8 cm³/mol. The van der Waals surface area contributed by atoms with Gasteiger partial charge < -0.3 is 4.74 Å². The molecule has 0 amide bonds. The lowest BCUT2D eigenvalue weighted by Crippen LogP contribution is -2.49. The van der Waals surface area contributed by atoms with Crippen LogP contribution >= 0.6 is 0 Å². The number of benzene rings is 1. The quantitative estimate of drug-likeness (QED) is 0.619. The van der Waals surface area contributed by atoms with E-state index in [1.807, 2.05) is 0 Å². The van der Waals surface area contributed by atoms with E-state index >= 15 is 0 Å². The van der Waals surface area contributed by atoms with Crippen molar-refractivity contribution >= 4 is 11.8 Å². The van der Waals surface area contributed by atoms with Crippen LogP contribution < -0.4 is 0 Å². The molecule has 4 saturated carbocycles. The Morgan fingerprint density at radius 3 is 2.08 bits per heavy atom. The topological polar surface area (TPSA) is 43.4 Å². The van der Waals surface area contributed by atoms with Crippen molar-refractivity contribution in [2.45, 2.75) is 45.1 Å². The minimum atomic E-state index is -0.819. The largest absolute Gasteiger partial charge is 0.454 e. The van der Waals surface area contributed by atoms with Crippen molar-refractivity contribution in [3.05, 3.63) is 35.6 Å². The minimum Gasteiger partial charge on any atom is -0.454 e. The summed E-state index contributed by atoms with van der Waals surface area (Å²) < 4.78 is 18.5. The summed E-state index contributed by atoms with van der Waals surface area (Å²) in [4.78, 5) is 25.1. The van der Waals surface area contributed by atoms with Crippen LogP contribution in [0.2, 0.25) is 0 Å². The van der Waals surface area contributed by atoms with E-state index in [1.54, 1.807) is 6.92 Å². The zero-order valence-corrected chi connectivity index (χ0v) is 13.9. The molecule has 1 atom stereocenters. The lowest BCUT2D eigenvalue weighted by Gasteiger charge is -2.53. The van der Waals surface area contributed by atoms with Gasteiger partial charge in [-0.15, -0.1) is 0 Å². The Bertz CT molecular complexity index is 623. The molecule has 0 unspecified atom stereocenters. The molecule has 0 radical (unpaired) electrons. The van der Waals surface area contributed by atoms with Crippen LogP contribution in [0.5, 0.6) is 0 Å². The smallest absolute Gasteiger partial charge is 0.310 e. The van der Waals surface area contributed by atoms with Crippen LogP contribution in [0.1, 0.15) is 49.4 Å². The molecule has 4 heteroatoms. The Morgan fingerprint density at radius 1 is 1.00 bits per heavy atom. The molecule has 0 N–H and O–H groups in total. The van der Waals surface area contributed by atoms with Crippen LogP contribution in [0, 0.1) is 35.4 Å². The molecule has 0 spiro atoms. The molecule has 4 bridgehead atoms. The molecule has 0 heterocycles. The van der Waals surface area contributed by atoms with E-state index in [0.29, 0.717) is 17.4 Å². The highest BCUT2D eigenvalue weighted by molar-refractivity contribution is 6.00. The van der Waals surface area contributed by atoms with E-state index < -0.39 is 6.10 Å². The molecule has 24 heavy (non-hydrogen) atoms. The van der Waals surface area contributed by atoms with Gasteiger partial charge in [-0.1, -0.05) is 0 Å². The summed E-state index contributed by atoms with van der Waals surface area (Å²) in [7, 11) is 0. The van der Waals surface area contributed by atoms with E-state index in [-0.39, 0.29) is 23.5 Å². The van der Waals surface area contributed by atoms with Crippen LogP contribution in [-0.4, -0.2) is 17.9 Å². The molecule has 5 rings (SSSR count). The Kier molecular flexibility index (Phi) is 3.93. The van der Waals surface area contributed by atoms with Crippen molar-refractivity contribution in [2.75, 3.05) is 0 Å². The Hall–Kier alpha value is -1.71. The highest BCUT2D eigenvalue weighted by Crippen LogP contribution is 2.56. The van der Waals surface area contributed by atoms with Crippen molar-refractivity contribution in [2.24, 2.45) is 29.6 Å². The number of ether oxygens (including phenoxy) is 1. The summed E-state index contributed by atoms with van der Waals surface area (Å²) in [5.41, 5.74) is 0.377. The van der Waals surface area contributed by atoms with E-state index in [4.69, 9.17) is 4.74 Å². The lowest BCUT2D eigenvalue weighted by atomic mass is 9.52. The van der Waals surface area contributed by atoms with E-state index in [0.717, 1.165) is 37.5 Å². The second-order valence-corrected chi connectivity index (χ2v) is 7.91. The summed E-state index contributed by atoms with van der Waals surface area (Å²) in [6.45, 7) is 1.61. The summed E-state index contributed by atoms with van der Waals surface area (Å²) in [5.74, 6) is 1.61. The number of ketones is 1. The Morgan fingerprint density at radius 2 is 1.54 bits per heavy atom. The maximum Gasteiger partial charge on any atom is 0.310 e. The van der Waals surface area contributed by atoms with Crippen molar-refractivity contribution < 1.29 is 18.7 Å². The molecule has 0 aliphatic heterocycles. The fraction of sp³-hybridized carbons (Fsp3) is 0.600. The second-order valence-electron chi connectivity index (χ2n) is 7.91. The first-order valence-electron chi connectivity index (χ1n) is 9.01. The van der Waals surface area contributed by atoms with Crippen LogP contribution in [-0.2, 0) is 9.53 Å². The van der Waals surface area contributed by atoms with Gasteiger partial charge in [-0.3, -0.25) is 9.59 Å². The van der Waals surface area contributed by atoms with Gasteiger partial charge in [-0.05, 0) is 87.0 Å². The van der Waals surface area contributed by atoms with Crippen molar-refractivity contribution in [1.82, 2.24) is 0 Å². The van der Waals surface area contributed by atoms with Gasteiger partial charge in [-0.2, -0.15) is 0 Å². The van der Waals surface area contributed by atoms with Gasteiger partial charge in [-0.25, -0.2) is 4.39 Å². The molecule has 128 valence electrons. The summed E-state index contributed by atoms with van der Waals surface area (Å²) in [6, 6.07) is 5.37. The lowest BCUT2D eigenvalue weighted by molar-refractivity contribution is -0.165. The molecule has 3 nitrogen and oxygen atoms in total. The van der Waals surface area contributed by atoms with Crippen molar-refractivity contribution in [3.8, 4) is 0 Å². The molecule has 4 aliphatic rings. The first-order chi connectivity index (χ1) is 11.5. The van der Waals surface area contributed by atoms with Gasteiger partial charge in [0.25, 0.3) is 0 Å². The molecular formula is C20H23FO3. The average Bonchev–Trinajstić information content (AvgIpc) is 2.53. The molecule has 4 fully saturated rings. The third-order valence-electron chi connectivity index (χ3n) is 6.29. The molecule has 0 saturated heterocycles. The number of halogens is 1. The number of hydrogen-bond donors (Lipinski definition) is 0. The zero-order chi connectivity index (χ0) is 16.8. The van der Waals surface area contributed by atoms with Crippen LogP contribution in [0.4, 0.5) is 4.39 Å². The van der Waals surface area contributed by atoms with Gasteiger partial charge >= 0.3 is 5.97 Å². The van der Waals surface area contributed by atoms with Crippen molar-refractivity contribution in [1.29, 1.82) is 0 Å². The maximum absolute atomic E-state index is 13.0. The third-order valence-corrected chi connectivity index (χ3v) is 6.29. The van der Waals surface area contributed by atoms with Gasteiger partial charge in [0, 0.05) is 5.56 Å². The number of esters is 1. The molecule has 1 aromatic rings. The van der Waals surface area contributed by atoms with Gasteiger partial charge in [0.15, 0.2) is 6.10 Å². The van der Waals surface area contributed by atoms with Gasteiger partial charge in [0.1, 0.15) is 5.82 Å². The minimum absolute atomic E-state index is 0.0266. The summed E-state index contributed by atoms with van der Waals surface area (Å²) >= 11 is 0. The first kappa shape index (κ1) is 15.8. The number of carbonyl (C=O) groups is 2. The highest BCUT2D eigenvalue weighted by atomic mass is 19.1. The van der Waals surface area contributed by atoms with Crippen molar-refractivity contribution in [3.63, 3.8) is 0 Å². The average molecular weight is 330 g/mol.